The topological polar surface area (TPSA) is 60.8 Å². The molecular weight excluding hydrogens is 250 g/mol. The van der Waals surface area contributed by atoms with Crippen molar-refractivity contribution in [1.29, 1.82) is 0 Å². The molecule has 0 aliphatic carbocycles. The maximum Gasteiger partial charge on any atom is 0.328 e. The minimum atomic E-state index is -0.941. The van der Waals surface area contributed by atoms with Crippen LogP contribution in [-0.4, -0.2) is 40.3 Å². The first-order valence-corrected chi connectivity index (χ1v) is 6.75. The van der Waals surface area contributed by atoms with Crippen molar-refractivity contribution in [3.8, 4) is 0 Å². The molecule has 1 heterocycles. The van der Waals surface area contributed by atoms with E-state index in [1.807, 2.05) is 11.4 Å². The molecule has 1 aromatic rings. The average molecular weight is 269 g/mol. The van der Waals surface area contributed by atoms with Crippen LogP contribution < -0.4 is 0 Å². The summed E-state index contributed by atoms with van der Waals surface area (Å²) in [5.41, 5.74) is 0.936. The third kappa shape index (κ3) is 4.60. The predicted octanol–water partition coefficient (Wildman–Crippen LogP) is 2.05. The molecule has 0 aliphatic heterocycles. The van der Waals surface area contributed by atoms with Crippen molar-refractivity contribution in [2.45, 2.75) is 26.4 Å². The molecule has 2 N–H and O–H groups in total. The molecule has 1 rings (SSSR count). The van der Waals surface area contributed by atoms with Gasteiger partial charge in [0.1, 0.15) is 0 Å². The first-order chi connectivity index (χ1) is 8.54. The fraction of sp³-hybridized carbons (Fsp3) is 0.462. The molecule has 100 valence electrons. The maximum absolute atomic E-state index is 10.5. The van der Waals surface area contributed by atoms with Crippen LogP contribution in [0.25, 0.3) is 6.08 Å². The molecule has 0 unspecified atom stereocenters. The minimum absolute atomic E-state index is 0.129. The molecule has 0 radical (unpaired) electrons. The van der Waals surface area contributed by atoms with E-state index in [4.69, 9.17) is 10.2 Å². The van der Waals surface area contributed by atoms with Gasteiger partial charge in [0, 0.05) is 30.1 Å². The Hall–Kier alpha value is -1.17. The molecule has 1 aromatic heterocycles. The fourth-order valence-corrected chi connectivity index (χ4v) is 2.51. The Kier molecular flexibility index (Phi) is 6.04. The Morgan fingerprint density at radius 1 is 1.56 bits per heavy atom. The molecule has 0 aromatic carbocycles. The van der Waals surface area contributed by atoms with E-state index in [1.165, 1.54) is 0 Å². The lowest BCUT2D eigenvalue weighted by molar-refractivity contribution is -0.131. The molecule has 0 saturated heterocycles. The van der Waals surface area contributed by atoms with E-state index in [1.54, 1.807) is 17.4 Å². The highest BCUT2D eigenvalue weighted by atomic mass is 32.1. The van der Waals surface area contributed by atoms with Gasteiger partial charge in [-0.1, -0.05) is 0 Å². The Morgan fingerprint density at radius 3 is 2.83 bits per heavy atom. The van der Waals surface area contributed by atoms with E-state index >= 15 is 0 Å². The van der Waals surface area contributed by atoms with E-state index < -0.39 is 5.97 Å². The summed E-state index contributed by atoms with van der Waals surface area (Å²) in [6, 6.07) is 2.26. The quantitative estimate of drug-likeness (QED) is 0.744. The lowest BCUT2D eigenvalue weighted by Gasteiger charge is -2.25. The summed E-state index contributed by atoms with van der Waals surface area (Å²) in [6.07, 6.45) is 2.77. The molecule has 0 fully saturated rings. The second-order valence-electron chi connectivity index (χ2n) is 4.26. The molecule has 0 atom stereocenters. The van der Waals surface area contributed by atoms with Crippen LogP contribution in [0.2, 0.25) is 0 Å². The molecule has 0 amide bonds. The van der Waals surface area contributed by atoms with Gasteiger partial charge in [0.05, 0.1) is 6.61 Å². The molecule has 0 aliphatic rings. The van der Waals surface area contributed by atoms with Gasteiger partial charge in [-0.2, -0.15) is 0 Å². The largest absolute Gasteiger partial charge is 0.478 e. The second-order valence-corrected chi connectivity index (χ2v) is 5.26. The predicted molar refractivity (Wildman–Crippen MR) is 73.6 cm³/mol. The van der Waals surface area contributed by atoms with Gasteiger partial charge >= 0.3 is 5.97 Å². The summed E-state index contributed by atoms with van der Waals surface area (Å²) in [5.74, 6) is -0.941. The molecule has 0 bridgehead atoms. The number of aliphatic hydroxyl groups excluding tert-OH is 1. The molecule has 0 spiro atoms. The summed E-state index contributed by atoms with van der Waals surface area (Å²) in [6.45, 7) is 5.64. The van der Waals surface area contributed by atoms with Crippen LogP contribution in [0.4, 0.5) is 0 Å². The van der Waals surface area contributed by atoms with Crippen LogP contribution in [0, 0.1) is 0 Å². The number of nitrogens with zero attached hydrogens (tertiary/aromatic N) is 1. The Balaban J connectivity index is 2.77. The van der Waals surface area contributed by atoms with Crippen molar-refractivity contribution < 1.29 is 15.0 Å². The number of thiophene rings is 1. The summed E-state index contributed by atoms with van der Waals surface area (Å²) >= 11 is 1.61. The number of carboxylic acids is 1. The van der Waals surface area contributed by atoms with Crippen LogP contribution in [0.3, 0.4) is 0 Å². The summed E-state index contributed by atoms with van der Waals surface area (Å²) in [7, 11) is 0. The minimum Gasteiger partial charge on any atom is -0.478 e. The van der Waals surface area contributed by atoms with E-state index in [0.717, 1.165) is 23.1 Å². The Labute approximate surface area is 111 Å². The van der Waals surface area contributed by atoms with Gasteiger partial charge in [0.25, 0.3) is 0 Å². The summed E-state index contributed by atoms with van der Waals surface area (Å²) in [4.78, 5) is 13.8. The molecule has 4 nitrogen and oxygen atoms in total. The van der Waals surface area contributed by atoms with Crippen LogP contribution in [0.15, 0.2) is 17.5 Å². The molecule has 0 saturated carbocycles. The van der Waals surface area contributed by atoms with E-state index in [9.17, 15) is 4.79 Å². The smallest absolute Gasteiger partial charge is 0.328 e. The van der Waals surface area contributed by atoms with Crippen LogP contribution in [0.5, 0.6) is 0 Å². The zero-order valence-corrected chi connectivity index (χ0v) is 11.5. The third-order valence-electron chi connectivity index (χ3n) is 2.65. The van der Waals surface area contributed by atoms with Gasteiger partial charge in [-0.15, -0.1) is 11.3 Å². The van der Waals surface area contributed by atoms with Gasteiger partial charge in [-0.05, 0) is 36.9 Å². The Bertz CT molecular complexity index is 412. The molecular formula is C13H19NO3S. The van der Waals surface area contributed by atoms with Gasteiger partial charge < -0.3 is 10.2 Å². The van der Waals surface area contributed by atoms with Gasteiger partial charge in [-0.25, -0.2) is 4.79 Å². The summed E-state index contributed by atoms with van der Waals surface area (Å²) in [5, 5.41) is 19.6. The second kappa shape index (κ2) is 7.31. The number of aliphatic carboxylic acids is 1. The van der Waals surface area contributed by atoms with Crippen LogP contribution in [0.1, 0.15) is 24.3 Å². The number of aliphatic hydroxyl groups is 1. The summed E-state index contributed by atoms with van der Waals surface area (Å²) < 4.78 is 0. The highest BCUT2D eigenvalue weighted by molar-refractivity contribution is 7.10. The maximum atomic E-state index is 10.5. The SMILES string of the molecule is CC(C)N(CCO)Cc1sccc1C=CC(=O)O. The number of hydrogen-bond donors (Lipinski definition) is 2. The van der Waals surface area contributed by atoms with Crippen molar-refractivity contribution in [1.82, 2.24) is 4.90 Å². The first-order valence-electron chi connectivity index (χ1n) is 5.87. The van der Waals surface area contributed by atoms with Crippen molar-refractivity contribution in [3.05, 3.63) is 28.0 Å². The zero-order chi connectivity index (χ0) is 13.5. The van der Waals surface area contributed by atoms with Crippen molar-refractivity contribution >= 4 is 23.4 Å². The van der Waals surface area contributed by atoms with Crippen LogP contribution >= 0.6 is 11.3 Å². The van der Waals surface area contributed by atoms with E-state index in [2.05, 4.69) is 18.7 Å². The molecule has 5 heteroatoms. The normalized spacial score (nSPS) is 11.8. The average Bonchev–Trinajstić information content (AvgIpc) is 2.73. The lowest BCUT2D eigenvalue weighted by Crippen LogP contribution is -2.32. The van der Waals surface area contributed by atoms with Gasteiger partial charge in [0.15, 0.2) is 0 Å². The number of hydrogen-bond acceptors (Lipinski definition) is 4. The fourth-order valence-electron chi connectivity index (χ4n) is 1.62. The zero-order valence-electron chi connectivity index (χ0n) is 10.7. The highest BCUT2D eigenvalue weighted by Gasteiger charge is 2.12. The van der Waals surface area contributed by atoms with Crippen molar-refractivity contribution in [2.75, 3.05) is 13.2 Å². The third-order valence-corrected chi connectivity index (χ3v) is 3.57. The van der Waals surface area contributed by atoms with E-state index in [0.29, 0.717) is 12.6 Å². The lowest BCUT2D eigenvalue weighted by atomic mass is 10.2. The van der Waals surface area contributed by atoms with Gasteiger partial charge in [-0.3, -0.25) is 4.90 Å². The van der Waals surface area contributed by atoms with Crippen molar-refractivity contribution in [2.24, 2.45) is 0 Å². The van der Waals surface area contributed by atoms with Gasteiger partial charge in [0.2, 0.25) is 0 Å². The molecule has 18 heavy (non-hydrogen) atoms. The van der Waals surface area contributed by atoms with Crippen molar-refractivity contribution in [3.63, 3.8) is 0 Å². The monoisotopic (exact) mass is 269 g/mol. The Morgan fingerprint density at radius 2 is 2.28 bits per heavy atom. The number of carboxylic acid groups (broad SMARTS) is 1. The number of rotatable bonds is 7. The highest BCUT2D eigenvalue weighted by Crippen LogP contribution is 2.21. The first kappa shape index (κ1) is 14.9. The standard InChI is InChI=1S/C13H19NO3S/c1-10(2)14(6-7-15)9-12-11(5-8-18-12)3-4-13(16)17/h3-5,8,10,15H,6-7,9H2,1-2H3,(H,16,17). The van der Waals surface area contributed by atoms with Crippen LogP contribution in [-0.2, 0) is 11.3 Å². The van der Waals surface area contributed by atoms with E-state index in [-0.39, 0.29) is 6.61 Å². The number of carbonyl (C=O) groups is 1.